The standard InChI is InChI=1S/C23H19ClO3.H3OP/c1-16-9-8-14-19(24)20(16)22(25)21(18-12-6-3-7-13-18)23(26)27-15-17-10-4-2-5-11-17;1-2/h2-14,21H,15H2,1H3;2H3. The molecule has 0 fully saturated rings. The molecule has 0 amide bonds. The molecule has 0 aliphatic heterocycles. The lowest BCUT2D eigenvalue weighted by molar-refractivity contribution is -0.145. The lowest BCUT2D eigenvalue weighted by Crippen LogP contribution is -2.25. The quantitative estimate of drug-likeness (QED) is 0.231. The van der Waals surface area contributed by atoms with E-state index < -0.39 is 11.9 Å². The lowest BCUT2D eigenvalue weighted by Gasteiger charge is -2.17. The van der Waals surface area contributed by atoms with Crippen LogP contribution in [0.3, 0.4) is 0 Å². The second-order valence-electron chi connectivity index (χ2n) is 6.23. The first-order valence-corrected chi connectivity index (χ1v) is 9.87. The fraction of sp³-hybridized carbons (Fsp3) is 0.130. The molecule has 0 aromatic heterocycles. The van der Waals surface area contributed by atoms with E-state index in [1.807, 2.05) is 36.4 Å². The van der Waals surface area contributed by atoms with Crippen LogP contribution in [0.5, 0.6) is 0 Å². The predicted octanol–water partition coefficient (Wildman–Crippen LogP) is 5.30. The second kappa shape index (κ2) is 11.4. The Morgan fingerprint density at radius 3 is 2.07 bits per heavy atom. The van der Waals surface area contributed by atoms with Crippen LogP contribution in [0.2, 0.25) is 5.02 Å². The zero-order valence-corrected chi connectivity index (χ0v) is 18.2. The first kappa shape index (κ1) is 22.6. The van der Waals surface area contributed by atoms with Gasteiger partial charge in [0.25, 0.3) is 0 Å². The van der Waals surface area contributed by atoms with E-state index in [9.17, 15) is 9.59 Å². The van der Waals surface area contributed by atoms with Gasteiger partial charge in [0.2, 0.25) is 0 Å². The zero-order chi connectivity index (χ0) is 21.2. The van der Waals surface area contributed by atoms with Crippen molar-refractivity contribution in [2.45, 2.75) is 19.4 Å². The molecule has 0 radical (unpaired) electrons. The van der Waals surface area contributed by atoms with Crippen LogP contribution >= 0.6 is 20.7 Å². The number of aryl methyl sites for hydroxylation is 1. The summed E-state index contributed by atoms with van der Waals surface area (Å²) in [6.07, 6.45) is 0. The molecule has 2 unspecified atom stereocenters. The summed E-state index contributed by atoms with van der Waals surface area (Å²) in [5, 5.41) is 0.330. The van der Waals surface area contributed by atoms with Crippen LogP contribution in [-0.2, 0) is 20.7 Å². The zero-order valence-electron chi connectivity index (χ0n) is 16.0. The van der Waals surface area contributed by atoms with Gasteiger partial charge >= 0.3 is 5.97 Å². The number of hydrogen-bond acceptors (Lipinski definition) is 4. The smallest absolute Gasteiger partial charge is 0.321 e. The van der Waals surface area contributed by atoms with Gasteiger partial charge in [-0.15, -0.1) is 0 Å². The molecule has 4 nitrogen and oxygen atoms in total. The summed E-state index contributed by atoms with van der Waals surface area (Å²) >= 11 is 6.26. The number of esters is 1. The van der Waals surface area contributed by atoms with E-state index in [2.05, 4.69) is 0 Å². The summed E-state index contributed by atoms with van der Waals surface area (Å²) in [6.45, 7) is 1.91. The summed E-state index contributed by atoms with van der Waals surface area (Å²) in [6, 6.07) is 23.5. The molecular formula is C23H22ClO4P. The number of ketones is 1. The number of carbonyl (C=O) groups excluding carboxylic acids is 2. The van der Waals surface area contributed by atoms with Gasteiger partial charge in [0, 0.05) is 5.56 Å². The summed E-state index contributed by atoms with van der Waals surface area (Å²) in [5.41, 5.74) is 2.52. The Morgan fingerprint density at radius 2 is 1.48 bits per heavy atom. The molecule has 0 spiro atoms. The topological polar surface area (TPSA) is 60.4 Å². The maximum atomic E-state index is 13.3. The van der Waals surface area contributed by atoms with Crippen molar-refractivity contribution in [3.05, 3.63) is 106 Å². The largest absolute Gasteiger partial charge is 0.460 e. The van der Waals surface area contributed by atoms with Gasteiger partial charge in [-0.1, -0.05) is 84.4 Å². The van der Waals surface area contributed by atoms with Gasteiger partial charge in [0.15, 0.2) is 5.78 Å². The Bertz CT molecular complexity index is 941. The third kappa shape index (κ3) is 5.90. The van der Waals surface area contributed by atoms with Crippen molar-refractivity contribution in [1.82, 2.24) is 0 Å². The van der Waals surface area contributed by atoms with E-state index in [4.69, 9.17) is 20.9 Å². The average Bonchev–Trinajstić information content (AvgIpc) is 2.75. The van der Waals surface area contributed by atoms with Gasteiger partial charge < -0.3 is 9.30 Å². The molecule has 0 bridgehead atoms. The second-order valence-corrected chi connectivity index (χ2v) is 6.64. The highest BCUT2D eigenvalue weighted by molar-refractivity contribution is 7.00. The van der Waals surface area contributed by atoms with Gasteiger partial charge in [0.1, 0.15) is 12.5 Å². The molecule has 0 heterocycles. The number of ether oxygens (including phenoxy) is 1. The van der Waals surface area contributed by atoms with E-state index in [1.165, 1.54) is 0 Å². The van der Waals surface area contributed by atoms with Crippen LogP contribution < -0.4 is 0 Å². The minimum absolute atomic E-state index is 0.109. The lowest BCUT2D eigenvalue weighted by atomic mass is 9.89. The van der Waals surface area contributed by atoms with Crippen molar-refractivity contribution in [3.8, 4) is 0 Å². The number of benzene rings is 3. The normalized spacial score (nSPS) is 11.1. The van der Waals surface area contributed by atoms with Crippen LogP contribution in [0, 0.1) is 6.92 Å². The summed E-state index contributed by atoms with van der Waals surface area (Å²) in [4.78, 5) is 26.1. The molecule has 0 aliphatic carbocycles. The van der Waals surface area contributed by atoms with Crippen LogP contribution in [0.4, 0.5) is 0 Å². The van der Waals surface area contributed by atoms with Crippen molar-refractivity contribution in [2.75, 3.05) is 0 Å². The van der Waals surface area contributed by atoms with E-state index in [0.717, 1.165) is 11.1 Å². The minimum Gasteiger partial charge on any atom is -0.460 e. The molecule has 6 heteroatoms. The highest BCUT2D eigenvalue weighted by atomic mass is 35.5. The Hall–Kier alpha value is -2.68. The fourth-order valence-electron chi connectivity index (χ4n) is 2.94. The first-order valence-electron chi connectivity index (χ1n) is 8.91. The number of halogens is 1. The maximum absolute atomic E-state index is 13.3. The van der Waals surface area contributed by atoms with Crippen molar-refractivity contribution in [1.29, 1.82) is 0 Å². The van der Waals surface area contributed by atoms with E-state index in [0.29, 0.717) is 25.3 Å². The molecule has 0 saturated carbocycles. The third-order valence-corrected chi connectivity index (χ3v) is 4.64. The molecule has 3 aromatic rings. The number of Topliss-reactive ketones (excluding diaryl/α,β-unsaturated/α-hetero) is 1. The van der Waals surface area contributed by atoms with Crippen molar-refractivity contribution >= 4 is 32.5 Å². The molecule has 0 N–H and O–H groups in total. The van der Waals surface area contributed by atoms with E-state index in [-0.39, 0.29) is 12.4 Å². The van der Waals surface area contributed by atoms with Gasteiger partial charge in [-0.05, 0) is 29.7 Å². The maximum Gasteiger partial charge on any atom is 0.321 e. The van der Waals surface area contributed by atoms with Crippen molar-refractivity contribution in [3.63, 3.8) is 0 Å². The van der Waals surface area contributed by atoms with E-state index >= 15 is 0 Å². The molecular weight excluding hydrogens is 407 g/mol. The van der Waals surface area contributed by atoms with Gasteiger partial charge in [-0.2, -0.15) is 0 Å². The van der Waals surface area contributed by atoms with Crippen LogP contribution in [-0.4, -0.2) is 11.8 Å². The van der Waals surface area contributed by atoms with Crippen molar-refractivity contribution in [2.24, 2.45) is 0 Å². The Balaban J connectivity index is 0.00000145. The predicted molar refractivity (Wildman–Crippen MR) is 118 cm³/mol. The van der Waals surface area contributed by atoms with E-state index in [1.54, 1.807) is 49.4 Å². The number of carbonyl (C=O) groups is 2. The van der Waals surface area contributed by atoms with Crippen LogP contribution in [0.1, 0.15) is 33.0 Å². The van der Waals surface area contributed by atoms with Gasteiger partial charge in [-0.25, -0.2) is 0 Å². The van der Waals surface area contributed by atoms with Gasteiger partial charge in [-0.3, -0.25) is 9.59 Å². The van der Waals surface area contributed by atoms with Crippen LogP contribution in [0.15, 0.2) is 78.9 Å². The summed E-state index contributed by atoms with van der Waals surface area (Å²) < 4.78 is 13.7. The Labute approximate surface area is 177 Å². The summed E-state index contributed by atoms with van der Waals surface area (Å²) in [5.74, 6) is -2.01. The number of hydrogen-bond donors (Lipinski definition) is 0. The molecule has 2 atom stereocenters. The van der Waals surface area contributed by atoms with Crippen molar-refractivity contribution < 1.29 is 18.9 Å². The Morgan fingerprint density at radius 1 is 0.897 bits per heavy atom. The SMILES string of the molecule is Cc1cccc(Cl)c1C(=O)C(C(=O)OCc1ccccc1)c1ccccc1.O=[PH3]. The number of rotatable bonds is 6. The molecule has 3 rings (SSSR count). The molecule has 29 heavy (non-hydrogen) atoms. The monoisotopic (exact) mass is 428 g/mol. The van der Waals surface area contributed by atoms with Gasteiger partial charge in [0.05, 0.1) is 14.1 Å². The molecule has 0 aliphatic rings. The molecule has 150 valence electrons. The highest BCUT2D eigenvalue weighted by Crippen LogP contribution is 2.29. The highest BCUT2D eigenvalue weighted by Gasteiger charge is 2.32. The summed E-state index contributed by atoms with van der Waals surface area (Å²) in [7, 11) is 0.611. The molecule has 0 saturated heterocycles. The average molecular weight is 429 g/mol. The fourth-order valence-corrected chi connectivity index (χ4v) is 3.26. The molecule has 3 aromatic carbocycles. The first-order chi connectivity index (χ1) is 14.1. The van der Waals surface area contributed by atoms with Crippen LogP contribution in [0.25, 0.3) is 0 Å². The minimum atomic E-state index is -1.06. The Kier molecular flexibility index (Phi) is 8.85. The third-order valence-electron chi connectivity index (χ3n) is 4.32.